The third kappa shape index (κ3) is 4.10. The molecule has 1 spiro atoms. The molecule has 0 aliphatic carbocycles. The van der Waals surface area contributed by atoms with E-state index in [-0.39, 0.29) is 29.3 Å². The minimum Gasteiger partial charge on any atom is -0.480 e. The first-order valence-corrected chi connectivity index (χ1v) is 8.92. The molecule has 2 fully saturated rings. The number of carboxylic acid groups (broad SMARTS) is 2. The number of rotatable bonds is 4. The first-order valence-electron chi connectivity index (χ1n) is 8.92. The van der Waals surface area contributed by atoms with Gasteiger partial charge in [0.05, 0.1) is 5.56 Å². The Balaban J connectivity index is 1.62. The molecular weight excluding hydrogens is 352 g/mol. The average Bonchev–Trinajstić information content (AvgIpc) is 2.65. The van der Waals surface area contributed by atoms with Gasteiger partial charge in [-0.2, -0.15) is 0 Å². The van der Waals surface area contributed by atoms with Crippen molar-refractivity contribution in [2.75, 3.05) is 26.2 Å². The molecule has 2 aliphatic rings. The van der Waals surface area contributed by atoms with Gasteiger partial charge in [-0.3, -0.25) is 14.4 Å². The predicted molar refractivity (Wildman–Crippen MR) is 94.4 cm³/mol. The molecular formula is C19H22N2O6. The molecule has 2 heterocycles. The standard InChI is InChI=1S/C19H22N2O6/c22-15-5-6-19(12-21(15)11-16(23)24)7-9-20(10-8-19)17(25)13-1-3-14(4-2-13)18(26)27/h1-4H,5-12H2,(H,23,24)(H,26,27). The first-order chi connectivity index (χ1) is 12.8. The molecule has 0 bridgehead atoms. The van der Waals surface area contributed by atoms with Gasteiger partial charge in [0.1, 0.15) is 6.54 Å². The average molecular weight is 374 g/mol. The number of carbonyl (C=O) groups is 4. The Hall–Kier alpha value is -2.90. The van der Waals surface area contributed by atoms with E-state index in [4.69, 9.17) is 10.2 Å². The molecule has 1 aromatic rings. The largest absolute Gasteiger partial charge is 0.480 e. The minimum atomic E-state index is -1.04. The number of carbonyl (C=O) groups excluding carboxylic acids is 2. The Morgan fingerprint density at radius 2 is 1.56 bits per heavy atom. The lowest BCUT2D eigenvalue weighted by Gasteiger charge is -2.47. The van der Waals surface area contributed by atoms with Crippen molar-refractivity contribution in [2.45, 2.75) is 25.7 Å². The SMILES string of the molecule is O=C(O)CN1CC2(CCC1=O)CCN(C(=O)c1ccc(C(=O)O)cc1)CC2. The number of benzene rings is 1. The zero-order valence-corrected chi connectivity index (χ0v) is 14.9. The van der Waals surface area contributed by atoms with Crippen LogP contribution in [-0.4, -0.2) is 69.9 Å². The Bertz CT molecular complexity index is 765. The van der Waals surface area contributed by atoms with Crippen molar-refractivity contribution in [2.24, 2.45) is 5.41 Å². The number of amides is 2. The third-order valence-corrected chi connectivity index (χ3v) is 5.56. The molecule has 27 heavy (non-hydrogen) atoms. The summed E-state index contributed by atoms with van der Waals surface area (Å²) in [7, 11) is 0. The molecule has 1 aromatic carbocycles. The smallest absolute Gasteiger partial charge is 0.335 e. The highest BCUT2D eigenvalue weighted by Gasteiger charge is 2.42. The molecule has 2 amide bonds. The zero-order chi connectivity index (χ0) is 19.6. The second-order valence-electron chi connectivity index (χ2n) is 7.32. The van der Waals surface area contributed by atoms with Crippen molar-refractivity contribution in [1.82, 2.24) is 9.80 Å². The lowest BCUT2D eigenvalue weighted by atomic mass is 9.72. The summed E-state index contributed by atoms with van der Waals surface area (Å²) in [5.74, 6) is -2.32. The van der Waals surface area contributed by atoms with Crippen LogP contribution in [0.5, 0.6) is 0 Å². The Labute approximate surface area is 156 Å². The van der Waals surface area contributed by atoms with E-state index >= 15 is 0 Å². The molecule has 8 heteroatoms. The fourth-order valence-electron chi connectivity index (χ4n) is 3.94. The van der Waals surface area contributed by atoms with Gasteiger partial charge in [-0.15, -0.1) is 0 Å². The topological polar surface area (TPSA) is 115 Å². The number of hydrogen-bond acceptors (Lipinski definition) is 4. The van der Waals surface area contributed by atoms with Gasteiger partial charge in [-0.1, -0.05) is 0 Å². The fraction of sp³-hybridized carbons (Fsp3) is 0.474. The molecule has 3 rings (SSSR count). The quantitative estimate of drug-likeness (QED) is 0.821. The molecule has 0 unspecified atom stereocenters. The van der Waals surface area contributed by atoms with Gasteiger partial charge >= 0.3 is 11.9 Å². The van der Waals surface area contributed by atoms with E-state index in [0.717, 1.165) is 19.3 Å². The Morgan fingerprint density at radius 3 is 2.11 bits per heavy atom. The maximum atomic E-state index is 12.7. The fourth-order valence-corrected chi connectivity index (χ4v) is 3.94. The van der Waals surface area contributed by atoms with Gasteiger partial charge in [-0.05, 0) is 48.9 Å². The number of aliphatic carboxylic acids is 1. The second kappa shape index (κ2) is 7.38. The summed E-state index contributed by atoms with van der Waals surface area (Å²) in [5, 5.41) is 17.9. The van der Waals surface area contributed by atoms with Crippen LogP contribution in [0.25, 0.3) is 0 Å². The maximum Gasteiger partial charge on any atom is 0.335 e. The molecule has 0 aromatic heterocycles. The van der Waals surface area contributed by atoms with Crippen LogP contribution in [0.2, 0.25) is 0 Å². The normalized spacial score (nSPS) is 19.2. The van der Waals surface area contributed by atoms with Gasteiger partial charge < -0.3 is 20.0 Å². The van der Waals surface area contributed by atoms with Crippen molar-refractivity contribution in [3.8, 4) is 0 Å². The Kier molecular flexibility index (Phi) is 5.16. The summed E-state index contributed by atoms with van der Waals surface area (Å²) in [5.41, 5.74) is 0.449. The van der Waals surface area contributed by atoms with Crippen molar-refractivity contribution >= 4 is 23.8 Å². The van der Waals surface area contributed by atoms with E-state index in [1.807, 2.05) is 0 Å². The maximum absolute atomic E-state index is 12.7. The third-order valence-electron chi connectivity index (χ3n) is 5.56. The van der Waals surface area contributed by atoms with E-state index in [0.29, 0.717) is 31.6 Å². The lowest BCUT2D eigenvalue weighted by Crippen LogP contribution is -2.53. The molecule has 0 radical (unpaired) electrons. The van der Waals surface area contributed by atoms with Crippen LogP contribution in [0.4, 0.5) is 0 Å². The summed E-state index contributed by atoms with van der Waals surface area (Å²) in [6.45, 7) is 1.22. The van der Waals surface area contributed by atoms with Crippen molar-refractivity contribution in [3.63, 3.8) is 0 Å². The predicted octanol–water partition coefficient (Wildman–Crippen LogP) is 1.31. The molecule has 2 aliphatic heterocycles. The molecule has 2 saturated heterocycles. The lowest BCUT2D eigenvalue weighted by molar-refractivity contribution is -0.149. The number of piperidine rings is 2. The molecule has 0 saturated carbocycles. The second-order valence-corrected chi connectivity index (χ2v) is 7.32. The van der Waals surface area contributed by atoms with Crippen LogP contribution in [0.15, 0.2) is 24.3 Å². The van der Waals surface area contributed by atoms with Gasteiger partial charge in [0.15, 0.2) is 0 Å². The minimum absolute atomic E-state index is 0.125. The van der Waals surface area contributed by atoms with Crippen LogP contribution in [0, 0.1) is 5.41 Å². The highest BCUT2D eigenvalue weighted by molar-refractivity contribution is 5.96. The van der Waals surface area contributed by atoms with Crippen molar-refractivity contribution < 1.29 is 29.4 Å². The van der Waals surface area contributed by atoms with E-state index in [2.05, 4.69) is 0 Å². The van der Waals surface area contributed by atoms with Crippen LogP contribution in [0.3, 0.4) is 0 Å². The van der Waals surface area contributed by atoms with E-state index in [1.54, 1.807) is 4.90 Å². The summed E-state index contributed by atoms with van der Waals surface area (Å²) >= 11 is 0. The van der Waals surface area contributed by atoms with Crippen LogP contribution in [-0.2, 0) is 9.59 Å². The van der Waals surface area contributed by atoms with E-state index in [9.17, 15) is 19.2 Å². The molecule has 0 atom stereocenters. The van der Waals surface area contributed by atoms with Crippen molar-refractivity contribution in [1.29, 1.82) is 0 Å². The summed E-state index contributed by atoms with van der Waals surface area (Å²) in [4.78, 5) is 49.6. The van der Waals surface area contributed by atoms with Crippen LogP contribution in [0.1, 0.15) is 46.4 Å². The van der Waals surface area contributed by atoms with Gasteiger partial charge in [0.2, 0.25) is 5.91 Å². The highest BCUT2D eigenvalue weighted by atomic mass is 16.4. The molecule has 2 N–H and O–H groups in total. The number of likely N-dealkylation sites (tertiary alicyclic amines) is 2. The summed E-state index contributed by atoms with van der Waals surface area (Å²) in [6.07, 6.45) is 2.50. The number of nitrogens with zero attached hydrogens (tertiary/aromatic N) is 2. The monoisotopic (exact) mass is 374 g/mol. The van der Waals surface area contributed by atoms with Crippen LogP contribution >= 0.6 is 0 Å². The first kappa shape index (κ1) is 18.9. The van der Waals surface area contributed by atoms with Crippen LogP contribution < -0.4 is 0 Å². The Morgan fingerprint density at radius 1 is 0.963 bits per heavy atom. The van der Waals surface area contributed by atoms with E-state index < -0.39 is 11.9 Å². The number of carboxylic acids is 2. The summed E-state index contributed by atoms with van der Waals surface area (Å²) in [6, 6.07) is 5.86. The van der Waals surface area contributed by atoms with Gasteiger partial charge in [0, 0.05) is 31.6 Å². The van der Waals surface area contributed by atoms with Gasteiger partial charge in [-0.25, -0.2) is 4.79 Å². The zero-order valence-electron chi connectivity index (χ0n) is 14.9. The highest BCUT2D eigenvalue weighted by Crippen LogP contribution is 2.40. The summed E-state index contributed by atoms with van der Waals surface area (Å²) < 4.78 is 0. The van der Waals surface area contributed by atoms with Gasteiger partial charge in [0.25, 0.3) is 5.91 Å². The number of aromatic carboxylic acids is 1. The van der Waals surface area contributed by atoms with Crippen molar-refractivity contribution in [3.05, 3.63) is 35.4 Å². The molecule has 8 nitrogen and oxygen atoms in total. The number of hydrogen-bond donors (Lipinski definition) is 2. The molecule has 144 valence electrons. The van der Waals surface area contributed by atoms with E-state index in [1.165, 1.54) is 29.2 Å².